The molecule has 0 saturated carbocycles. The van der Waals surface area contributed by atoms with Crippen LogP contribution in [-0.2, 0) is 18.4 Å². The lowest BCUT2D eigenvalue weighted by Crippen LogP contribution is -2.28. The quantitative estimate of drug-likeness (QED) is 0.491. The molecule has 1 aromatic heterocycles. The number of nitrogens with one attached hydrogen (secondary N) is 1. The largest absolute Gasteiger partial charge is 0.395 e. The number of nitrogens with zero attached hydrogens (tertiary/aromatic N) is 4. The fourth-order valence-electron chi connectivity index (χ4n) is 3.31. The Morgan fingerprint density at radius 2 is 2.00 bits per heavy atom. The van der Waals surface area contributed by atoms with Crippen molar-refractivity contribution in [1.82, 2.24) is 9.88 Å². The summed E-state index contributed by atoms with van der Waals surface area (Å²) in [4.78, 5) is 19.0. The zero-order valence-corrected chi connectivity index (χ0v) is 17.9. The number of hydrogen-bond acceptors (Lipinski definition) is 5. The molecule has 0 aliphatic heterocycles. The summed E-state index contributed by atoms with van der Waals surface area (Å²) in [5.74, 6) is -0.0420. The van der Waals surface area contributed by atoms with E-state index in [1.807, 2.05) is 29.9 Å². The summed E-state index contributed by atoms with van der Waals surface area (Å²) >= 11 is 0. The molecule has 1 aromatic carbocycles. The number of imidazole rings is 1. The number of aryl methyl sites for hydroxylation is 1. The normalized spacial score (nSPS) is 15.2. The van der Waals surface area contributed by atoms with E-state index in [1.54, 1.807) is 13.0 Å². The van der Waals surface area contributed by atoms with Crippen molar-refractivity contribution in [2.24, 2.45) is 12.0 Å². The van der Waals surface area contributed by atoms with Crippen LogP contribution in [0.4, 0.5) is 11.4 Å². The van der Waals surface area contributed by atoms with Crippen molar-refractivity contribution in [3.63, 3.8) is 0 Å². The van der Waals surface area contributed by atoms with Gasteiger partial charge in [-0.25, -0.2) is 14.1 Å². The summed E-state index contributed by atoms with van der Waals surface area (Å²) in [7, 11) is 2.02. The molecule has 30 heavy (non-hydrogen) atoms. The predicted octanol–water partition coefficient (Wildman–Crippen LogP) is 1.91. The van der Waals surface area contributed by atoms with E-state index in [2.05, 4.69) is 46.4 Å². The minimum Gasteiger partial charge on any atom is -0.395 e. The van der Waals surface area contributed by atoms with Crippen LogP contribution >= 0.6 is 0 Å². The Hall–Kier alpha value is -3.19. The summed E-state index contributed by atoms with van der Waals surface area (Å²) in [5.41, 5.74) is 3.95. The maximum Gasteiger partial charge on any atom is 0.243 e. The van der Waals surface area contributed by atoms with Crippen LogP contribution in [0.3, 0.4) is 0 Å². The second-order valence-corrected chi connectivity index (χ2v) is 7.31. The maximum atomic E-state index is 12.0. The summed E-state index contributed by atoms with van der Waals surface area (Å²) in [6.07, 6.45) is 9.52. The second kappa shape index (κ2) is 10.0. The summed E-state index contributed by atoms with van der Waals surface area (Å²) in [5, 5.41) is 12.1. The number of benzene rings is 1. The molecule has 0 bridgehead atoms. The minimum absolute atomic E-state index is 0.00960. The number of hydrogen-bond donors (Lipinski definition) is 2. The van der Waals surface area contributed by atoms with Crippen molar-refractivity contribution >= 4 is 22.9 Å². The zero-order chi connectivity index (χ0) is 21.5. The number of aromatic nitrogens is 2. The minimum atomic E-state index is -0.0420. The SMILES string of the molecule is CCN(CCn1cc[n+](C)c1)c1ccc(/N=C2/C=C(C)C(=O)C=C2NCCO)cc1. The molecule has 0 unspecified atom stereocenters. The number of allylic oxidation sites excluding steroid dienone is 3. The third-order valence-corrected chi connectivity index (χ3v) is 5.02. The van der Waals surface area contributed by atoms with Gasteiger partial charge in [0.25, 0.3) is 0 Å². The number of aliphatic hydroxyl groups is 1. The monoisotopic (exact) mass is 408 g/mol. The van der Waals surface area contributed by atoms with Crippen LogP contribution in [0.25, 0.3) is 0 Å². The number of carbonyl (C=O) groups is 1. The Bertz CT molecular complexity index is 970. The van der Waals surface area contributed by atoms with Crippen molar-refractivity contribution in [2.45, 2.75) is 20.4 Å². The molecule has 7 nitrogen and oxygen atoms in total. The van der Waals surface area contributed by atoms with Gasteiger partial charge in [-0.15, -0.1) is 0 Å². The van der Waals surface area contributed by atoms with Crippen molar-refractivity contribution < 1.29 is 14.5 Å². The second-order valence-electron chi connectivity index (χ2n) is 7.31. The first-order chi connectivity index (χ1) is 14.5. The molecule has 0 radical (unpaired) electrons. The van der Waals surface area contributed by atoms with E-state index < -0.39 is 0 Å². The number of rotatable bonds is 9. The number of aliphatic hydroxyl groups excluding tert-OH is 1. The van der Waals surface area contributed by atoms with Crippen LogP contribution < -0.4 is 14.8 Å². The van der Waals surface area contributed by atoms with E-state index in [0.717, 1.165) is 31.0 Å². The summed E-state index contributed by atoms with van der Waals surface area (Å²) in [6.45, 7) is 7.05. The Labute approximate surface area is 177 Å². The van der Waals surface area contributed by atoms with Crippen LogP contribution in [0.2, 0.25) is 0 Å². The predicted molar refractivity (Wildman–Crippen MR) is 119 cm³/mol. The van der Waals surface area contributed by atoms with Gasteiger partial charge in [-0.05, 0) is 49.8 Å². The van der Waals surface area contributed by atoms with Gasteiger partial charge in [0, 0.05) is 24.9 Å². The van der Waals surface area contributed by atoms with E-state index in [9.17, 15) is 4.79 Å². The first kappa shape index (κ1) is 21.5. The smallest absolute Gasteiger partial charge is 0.243 e. The molecule has 158 valence electrons. The number of aliphatic imine (C=N–C) groups is 1. The highest BCUT2D eigenvalue weighted by Gasteiger charge is 2.16. The molecule has 1 heterocycles. The lowest BCUT2D eigenvalue weighted by molar-refractivity contribution is -0.671. The van der Waals surface area contributed by atoms with Gasteiger partial charge in [0.05, 0.1) is 37.3 Å². The van der Waals surface area contributed by atoms with Crippen molar-refractivity contribution in [3.05, 3.63) is 66.4 Å². The molecule has 2 aromatic rings. The van der Waals surface area contributed by atoms with Gasteiger partial charge in [-0.3, -0.25) is 4.79 Å². The fraction of sp³-hybridized carbons (Fsp3) is 0.348. The highest BCUT2D eigenvalue weighted by atomic mass is 16.3. The first-order valence-electron chi connectivity index (χ1n) is 10.2. The van der Waals surface area contributed by atoms with Crippen LogP contribution in [-0.4, -0.2) is 47.4 Å². The molecule has 1 aliphatic rings. The Kier molecular flexibility index (Phi) is 7.19. The van der Waals surface area contributed by atoms with Crippen LogP contribution in [0.1, 0.15) is 13.8 Å². The molecule has 0 spiro atoms. The van der Waals surface area contributed by atoms with Gasteiger partial charge < -0.3 is 15.3 Å². The topological polar surface area (TPSA) is 73.7 Å². The van der Waals surface area contributed by atoms with E-state index in [-0.39, 0.29) is 12.4 Å². The van der Waals surface area contributed by atoms with Crippen LogP contribution in [0, 0.1) is 0 Å². The van der Waals surface area contributed by atoms with E-state index in [4.69, 9.17) is 10.1 Å². The van der Waals surface area contributed by atoms with E-state index >= 15 is 0 Å². The van der Waals surface area contributed by atoms with E-state index in [0.29, 0.717) is 23.5 Å². The molecule has 7 heteroatoms. The fourth-order valence-corrected chi connectivity index (χ4v) is 3.31. The average molecular weight is 409 g/mol. The highest BCUT2D eigenvalue weighted by molar-refractivity contribution is 6.22. The van der Waals surface area contributed by atoms with Crippen molar-refractivity contribution in [1.29, 1.82) is 0 Å². The molecule has 0 saturated heterocycles. The number of ketones is 1. The molecular weight excluding hydrogens is 378 g/mol. The number of anilines is 1. The summed E-state index contributed by atoms with van der Waals surface area (Å²) in [6, 6.07) is 8.13. The number of likely N-dealkylation sites (N-methyl/N-ethyl adjacent to an activating group) is 1. The molecule has 2 N–H and O–H groups in total. The molecular formula is C23H30N5O2+. The van der Waals surface area contributed by atoms with Crippen molar-refractivity contribution in [2.75, 3.05) is 31.1 Å². The van der Waals surface area contributed by atoms with Crippen LogP contribution in [0.5, 0.6) is 0 Å². The zero-order valence-electron chi connectivity index (χ0n) is 17.9. The van der Waals surface area contributed by atoms with Gasteiger partial charge in [-0.2, -0.15) is 0 Å². The molecule has 3 rings (SSSR count). The standard InChI is InChI=1S/C23H29N5O2/c1-4-28(13-12-27-11-10-26(3)17-27)20-7-5-19(6-8-20)25-22-15-18(2)23(30)16-21(22)24-9-14-29/h5-8,10-11,15-17,29H,4,9,12-14H2,1-3H3/p+1/b25-22-. The molecule has 0 atom stereocenters. The average Bonchev–Trinajstić information content (AvgIpc) is 3.16. The lowest BCUT2D eigenvalue weighted by atomic mass is 10.0. The van der Waals surface area contributed by atoms with Gasteiger partial charge in [0.1, 0.15) is 18.9 Å². The Morgan fingerprint density at radius 3 is 2.63 bits per heavy atom. The Morgan fingerprint density at radius 1 is 1.23 bits per heavy atom. The third kappa shape index (κ3) is 5.45. The van der Waals surface area contributed by atoms with Gasteiger partial charge in [0.15, 0.2) is 5.78 Å². The molecule has 0 amide bonds. The molecule has 1 aliphatic carbocycles. The summed E-state index contributed by atoms with van der Waals surface area (Å²) < 4.78 is 4.21. The maximum absolute atomic E-state index is 12.0. The van der Waals surface area contributed by atoms with Crippen LogP contribution in [0.15, 0.2) is 71.4 Å². The van der Waals surface area contributed by atoms with E-state index in [1.165, 1.54) is 6.08 Å². The Balaban J connectivity index is 1.73. The van der Waals surface area contributed by atoms with Gasteiger partial charge in [-0.1, -0.05) is 0 Å². The van der Waals surface area contributed by atoms with Gasteiger partial charge in [0.2, 0.25) is 6.33 Å². The number of carbonyl (C=O) groups excluding carboxylic acids is 1. The third-order valence-electron chi connectivity index (χ3n) is 5.02. The molecule has 0 fully saturated rings. The van der Waals surface area contributed by atoms with Gasteiger partial charge >= 0.3 is 0 Å². The first-order valence-corrected chi connectivity index (χ1v) is 10.2. The highest BCUT2D eigenvalue weighted by Crippen LogP contribution is 2.22. The van der Waals surface area contributed by atoms with Crippen molar-refractivity contribution in [3.8, 4) is 0 Å². The lowest BCUT2D eigenvalue weighted by Gasteiger charge is -2.22.